The maximum atomic E-state index is 10.2. The van der Waals surface area contributed by atoms with E-state index in [1.54, 1.807) is 0 Å². The molecule has 0 aromatic carbocycles. The van der Waals surface area contributed by atoms with E-state index in [1.165, 1.54) is 0 Å². The van der Waals surface area contributed by atoms with Crippen molar-refractivity contribution >= 4 is 0 Å². The first kappa shape index (κ1) is 18.2. The topological polar surface area (TPSA) is 47.9 Å². The minimum absolute atomic E-state index is 0.0540. The highest BCUT2D eigenvalue weighted by Gasteiger charge is 2.45. The Kier molecular flexibility index (Phi) is 5.92. The number of rotatable bonds is 3. The van der Waals surface area contributed by atoms with Crippen LogP contribution in [0.2, 0.25) is 0 Å². The molecule has 0 aromatic rings. The van der Waals surface area contributed by atoms with Gasteiger partial charge in [0.05, 0.1) is 30.5 Å². The van der Waals surface area contributed by atoms with E-state index in [9.17, 15) is 5.11 Å². The fourth-order valence-electron chi connectivity index (χ4n) is 3.80. The van der Waals surface area contributed by atoms with Crippen molar-refractivity contribution in [1.29, 1.82) is 0 Å². The molecule has 4 nitrogen and oxygen atoms in total. The molecule has 0 saturated carbocycles. The lowest BCUT2D eigenvalue weighted by Gasteiger charge is -2.48. The van der Waals surface area contributed by atoms with Crippen LogP contribution >= 0.6 is 0 Å². The van der Waals surface area contributed by atoms with Crippen LogP contribution in [0.15, 0.2) is 0 Å². The molecular formula is C18H34O4. The zero-order valence-corrected chi connectivity index (χ0v) is 15.2. The van der Waals surface area contributed by atoms with Crippen molar-refractivity contribution in [3.8, 4) is 0 Å². The van der Waals surface area contributed by atoms with Gasteiger partial charge in [0.1, 0.15) is 0 Å². The predicted molar refractivity (Wildman–Crippen MR) is 86.5 cm³/mol. The second kappa shape index (κ2) is 7.16. The van der Waals surface area contributed by atoms with Gasteiger partial charge < -0.3 is 19.3 Å². The van der Waals surface area contributed by atoms with Crippen LogP contribution in [-0.4, -0.2) is 41.9 Å². The molecule has 10 atom stereocenters. The number of aliphatic hydroxyl groups excluding tert-OH is 1. The lowest BCUT2D eigenvalue weighted by atomic mass is 9.80. The Morgan fingerprint density at radius 1 is 0.818 bits per heavy atom. The summed E-state index contributed by atoms with van der Waals surface area (Å²) in [6, 6.07) is 0. The Balaban J connectivity index is 2.10. The van der Waals surface area contributed by atoms with Gasteiger partial charge in [-0.15, -0.1) is 0 Å². The summed E-state index contributed by atoms with van der Waals surface area (Å²) in [6.45, 7) is 14.9. The molecule has 22 heavy (non-hydrogen) atoms. The number of aliphatic hydroxyl groups is 1. The quantitative estimate of drug-likeness (QED) is 0.869. The number of hydrogen-bond acceptors (Lipinski definition) is 4. The van der Waals surface area contributed by atoms with Gasteiger partial charge in [0, 0.05) is 5.92 Å². The van der Waals surface area contributed by atoms with Gasteiger partial charge in [-0.3, -0.25) is 0 Å². The summed E-state index contributed by atoms with van der Waals surface area (Å²) >= 11 is 0. The Morgan fingerprint density at radius 3 is 2.05 bits per heavy atom. The summed E-state index contributed by atoms with van der Waals surface area (Å²) in [5, 5.41) is 10.2. The van der Waals surface area contributed by atoms with Crippen LogP contribution in [0.3, 0.4) is 0 Å². The molecule has 0 spiro atoms. The average molecular weight is 314 g/mol. The first-order chi connectivity index (χ1) is 10.3. The minimum atomic E-state index is -0.421. The zero-order valence-electron chi connectivity index (χ0n) is 15.2. The van der Waals surface area contributed by atoms with Crippen molar-refractivity contribution in [2.45, 2.75) is 91.7 Å². The minimum Gasteiger partial charge on any atom is -0.390 e. The highest BCUT2D eigenvalue weighted by Crippen LogP contribution is 2.38. The predicted octanol–water partition coefficient (Wildman–Crippen LogP) is 3.22. The van der Waals surface area contributed by atoms with Crippen LogP contribution in [-0.2, 0) is 14.2 Å². The highest BCUT2D eigenvalue weighted by atomic mass is 16.7. The molecule has 0 aromatic heterocycles. The van der Waals surface area contributed by atoms with Gasteiger partial charge in [0.25, 0.3) is 0 Å². The molecule has 4 heteroatoms. The van der Waals surface area contributed by atoms with Gasteiger partial charge in [0.15, 0.2) is 6.29 Å². The summed E-state index contributed by atoms with van der Waals surface area (Å²) < 4.78 is 18.5. The summed E-state index contributed by atoms with van der Waals surface area (Å²) in [6.07, 6.45) is 0.514. The molecule has 0 amide bonds. The van der Waals surface area contributed by atoms with Gasteiger partial charge in [-0.1, -0.05) is 34.6 Å². The standard InChI is InChI=1S/C18H34O4/c1-8-15-17(11(4)9(2)13(6)20-15)22-18-12(5)10(3)16(19)14(7)21-18/h9-19H,8H2,1-7H3/t9-,10-,11-,12-,13-,14-,15-,16+,17+,18+/m1/s1. The molecule has 2 rings (SSSR count). The summed E-state index contributed by atoms with van der Waals surface area (Å²) in [7, 11) is 0. The van der Waals surface area contributed by atoms with E-state index in [0.717, 1.165) is 6.42 Å². The SMILES string of the molecule is CC[C@H]1O[C@H](C)[C@H](C)[C@@H](C)[C@@H]1O[C@@H]1O[C@H](C)[C@@H](O)[C@H](C)[C@H]1C. The van der Waals surface area contributed by atoms with Gasteiger partial charge in [-0.25, -0.2) is 0 Å². The van der Waals surface area contributed by atoms with Crippen LogP contribution in [0.4, 0.5) is 0 Å². The van der Waals surface area contributed by atoms with E-state index < -0.39 is 6.10 Å². The van der Waals surface area contributed by atoms with Gasteiger partial charge in [0.2, 0.25) is 0 Å². The molecule has 0 bridgehead atoms. The van der Waals surface area contributed by atoms with Crippen molar-refractivity contribution in [2.24, 2.45) is 23.7 Å². The van der Waals surface area contributed by atoms with E-state index in [2.05, 4.69) is 41.5 Å². The van der Waals surface area contributed by atoms with E-state index in [0.29, 0.717) is 11.8 Å². The highest BCUT2D eigenvalue weighted by molar-refractivity contribution is 4.89. The Morgan fingerprint density at radius 2 is 1.45 bits per heavy atom. The largest absolute Gasteiger partial charge is 0.390 e. The number of ether oxygens (including phenoxy) is 3. The molecule has 130 valence electrons. The first-order valence-electron chi connectivity index (χ1n) is 8.92. The van der Waals surface area contributed by atoms with Crippen molar-refractivity contribution < 1.29 is 19.3 Å². The van der Waals surface area contributed by atoms with Crippen LogP contribution < -0.4 is 0 Å². The lowest BCUT2D eigenvalue weighted by Crippen LogP contribution is -2.55. The molecule has 2 heterocycles. The molecule has 0 unspecified atom stereocenters. The summed E-state index contributed by atoms with van der Waals surface area (Å²) in [5.74, 6) is 1.24. The van der Waals surface area contributed by atoms with Gasteiger partial charge in [-0.05, 0) is 38.0 Å². The summed E-state index contributed by atoms with van der Waals surface area (Å²) in [5.41, 5.74) is 0. The maximum absolute atomic E-state index is 10.2. The van der Waals surface area contributed by atoms with Crippen molar-refractivity contribution in [3.05, 3.63) is 0 Å². The fourth-order valence-corrected chi connectivity index (χ4v) is 3.80. The lowest BCUT2D eigenvalue weighted by molar-refractivity contribution is -0.304. The second-order valence-electron chi connectivity index (χ2n) is 7.53. The number of hydrogen-bond donors (Lipinski definition) is 1. The zero-order chi connectivity index (χ0) is 16.6. The van der Waals surface area contributed by atoms with Crippen molar-refractivity contribution in [1.82, 2.24) is 0 Å². The molecule has 0 aliphatic carbocycles. The monoisotopic (exact) mass is 314 g/mol. The fraction of sp³-hybridized carbons (Fsp3) is 1.00. The summed E-state index contributed by atoms with van der Waals surface area (Å²) in [4.78, 5) is 0. The normalized spacial score (nSPS) is 53.5. The Hall–Kier alpha value is -0.160. The molecule has 2 saturated heterocycles. The smallest absolute Gasteiger partial charge is 0.161 e. The third-order valence-electron chi connectivity index (χ3n) is 6.16. The molecule has 2 fully saturated rings. The maximum Gasteiger partial charge on any atom is 0.161 e. The molecular weight excluding hydrogens is 280 g/mol. The third-order valence-corrected chi connectivity index (χ3v) is 6.16. The van der Waals surface area contributed by atoms with Crippen LogP contribution in [0, 0.1) is 23.7 Å². The van der Waals surface area contributed by atoms with E-state index in [-0.39, 0.29) is 42.5 Å². The first-order valence-corrected chi connectivity index (χ1v) is 8.92. The molecule has 0 radical (unpaired) electrons. The van der Waals surface area contributed by atoms with Crippen LogP contribution in [0.25, 0.3) is 0 Å². The van der Waals surface area contributed by atoms with Crippen LogP contribution in [0.1, 0.15) is 54.9 Å². The van der Waals surface area contributed by atoms with Crippen molar-refractivity contribution in [3.63, 3.8) is 0 Å². The Bertz CT molecular complexity index is 359. The molecule has 1 N–H and O–H groups in total. The van der Waals surface area contributed by atoms with E-state index >= 15 is 0 Å². The van der Waals surface area contributed by atoms with Gasteiger partial charge in [-0.2, -0.15) is 0 Å². The van der Waals surface area contributed by atoms with Gasteiger partial charge >= 0.3 is 0 Å². The van der Waals surface area contributed by atoms with Crippen molar-refractivity contribution in [2.75, 3.05) is 0 Å². The Labute approximate surface area is 135 Å². The van der Waals surface area contributed by atoms with Crippen LogP contribution in [0.5, 0.6) is 0 Å². The second-order valence-corrected chi connectivity index (χ2v) is 7.53. The van der Waals surface area contributed by atoms with E-state index in [1.807, 2.05) is 6.92 Å². The molecule has 2 aliphatic rings. The third kappa shape index (κ3) is 3.35. The molecule has 2 aliphatic heterocycles. The average Bonchev–Trinajstić information content (AvgIpc) is 2.50. The van der Waals surface area contributed by atoms with E-state index in [4.69, 9.17) is 14.2 Å².